The van der Waals surface area contributed by atoms with Gasteiger partial charge >= 0.3 is 0 Å². The molecule has 19 heavy (non-hydrogen) atoms. The summed E-state index contributed by atoms with van der Waals surface area (Å²) in [6, 6.07) is 12.1. The van der Waals surface area contributed by atoms with Gasteiger partial charge in [0.2, 0.25) is 0 Å². The molecule has 0 radical (unpaired) electrons. The molecule has 3 nitrogen and oxygen atoms in total. The summed E-state index contributed by atoms with van der Waals surface area (Å²) in [5, 5.41) is 0. The van der Waals surface area contributed by atoms with Crippen molar-refractivity contribution in [3.63, 3.8) is 0 Å². The first kappa shape index (κ1) is 14.0. The highest BCUT2D eigenvalue weighted by atomic mass is 79.9. The van der Waals surface area contributed by atoms with E-state index < -0.39 is 0 Å². The smallest absolute Gasteiger partial charge is 0.0544 e. The molecule has 2 rings (SSSR count). The summed E-state index contributed by atoms with van der Waals surface area (Å²) >= 11 is 3.40. The zero-order valence-corrected chi connectivity index (χ0v) is 12.6. The van der Waals surface area contributed by atoms with E-state index in [1.165, 1.54) is 5.56 Å². The summed E-state index contributed by atoms with van der Waals surface area (Å²) in [6.45, 7) is 4.92. The molecule has 0 bridgehead atoms. The molecule has 0 atom stereocenters. The van der Waals surface area contributed by atoms with E-state index in [0.29, 0.717) is 0 Å². The Kier molecular flexibility index (Phi) is 4.93. The van der Waals surface area contributed by atoms with Crippen molar-refractivity contribution in [1.82, 2.24) is 9.88 Å². The van der Waals surface area contributed by atoms with Crippen molar-refractivity contribution in [3.05, 3.63) is 58.3 Å². The second kappa shape index (κ2) is 6.68. The van der Waals surface area contributed by atoms with Crippen LogP contribution in [0.2, 0.25) is 0 Å². The van der Waals surface area contributed by atoms with Crippen LogP contribution in [-0.2, 0) is 13.1 Å². The van der Waals surface area contributed by atoms with Gasteiger partial charge < -0.3 is 5.73 Å². The van der Waals surface area contributed by atoms with Gasteiger partial charge in [-0.15, -0.1) is 0 Å². The number of nitrogen functional groups attached to an aromatic ring is 1. The Balaban J connectivity index is 2.00. The zero-order chi connectivity index (χ0) is 13.7. The fourth-order valence-corrected chi connectivity index (χ4v) is 2.12. The fourth-order valence-electron chi connectivity index (χ4n) is 1.89. The second-order valence-corrected chi connectivity index (χ2v) is 5.43. The molecule has 2 aromatic rings. The second-order valence-electron chi connectivity index (χ2n) is 4.51. The maximum absolute atomic E-state index is 5.70. The maximum Gasteiger partial charge on any atom is 0.0544 e. The number of halogens is 1. The highest BCUT2D eigenvalue weighted by molar-refractivity contribution is 9.10. The summed E-state index contributed by atoms with van der Waals surface area (Å²) in [6.07, 6.45) is 1.84. The number of nitrogens with zero attached hydrogens (tertiary/aromatic N) is 2. The number of rotatable bonds is 5. The minimum Gasteiger partial charge on any atom is -0.399 e. The van der Waals surface area contributed by atoms with E-state index in [9.17, 15) is 0 Å². The molecule has 2 N–H and O–H groups in total. The van der Waals surface area contributed by atoms with E-state index in [1.54, 1.807) is 0 Å². The highest BCUT2D eigenvalue weighted by Crippen LogP contribution is 2.12. The van der Waals surface area contributed by atoms with Crippen molar-refractivity contribution in [1.29, 1.82) is 0 Å². The number of anilines is 1. The molecule has 0 saturated carbocycles. The van der Waals surface area contributed by atoms with E-state index in [2.05, 4.69) is 50.9 Å². The summed E-state index contributed by atoms with van der Waals surface area (Å²) in [4.78, 5) is 6.76. The molecule has 0 aliphatic carbocycles. The van der Waals surface area contributed by atoms with Gasteiger partial charge in [0.15, 0.2) is 0 Å². The van der Waals surface area contributed by atoms with Gasteiger partial charge in [-0.1, -0.05) is 19.1 Å². The Labute approximate surface area is 122 Å². The first-order valence-electron chi connectivity index (χ1n) is 6.34. The molecule has 1 aromatic carbocycles. The number of pyridine rings is 1. The van der Waals surface area contributed by atoms with Gasteiger partial charge in [-0.05, 0) is 52.3 Å². The maximum atomic E-state index is 5.70. The molecule has 1 heterocycles. The highest BCUT2D eigenvalue weighted by Gasteiger charge is 2.06. The van der Waals surface area contributed by atoms with Gasteiger partial charge in [0.25, 0.3) is 0 Å². The molecule has 1 aromatic heterocycles. The molecule has 100 valence electrons. The van der Waals surface area contributed by atoms with E-state index in [1.807, 2.05) is 24.4 Å². The molecule has 0 unspecified atom stereocenters. The van der Waals surface area contributed by atoms with Gasteiger partial charge in [0, 0.05) is 29.4 Å². The van der Waals surface area contributed by atoms with Crippen molar-refractivity contribution in [3.8, 4) is 0 Å². The average molecular weight is 320 g/mol. The molecule has 0 aliphatic heterocycles. The third-order valence-electron chi connectivity index (χ3n) is 3.01. The largest absolute Gasteiger partial charge is 0.399 e. The normalized spacial score (nSPS) is 10.9. The number of hydrogen-bond donors (Lipinski definition) is 1. The molecule has 0 aliphatic rings. The molecule has 4 heteroatoms. The summed E-state index contributed by atoms with van der Waals surface area (Å²) in [7, 11) is 0. The van der Waals surface area contributed by atoms with Crippen molar-refractivity contribution >= 4 is 21.6 Å². The Hall–Kier alpha value is -1.39. The van der Waals surface area contributed by atoms with Crippen LogP contribution >= 0.6 is 15.9 Å². The minimum absolute atomic E-state index is 0.807. The van der Waals surface area contributed by atoms with Crippen LogP contribution in [0.4, 0.5) is 5.69 Å². The first-order chi connectivity index (χ1) is 9.17. The number of hydrogen-bond acceptors (Lipinski definition) is 3. The predicted molar refractivity (Wildman–Crippen MR) is 82.6 cm³/mol. The summed E-state index contributed by atoms with van der Waals surface area (Å²) in [5.74, 6) is 0. The lowest BCUT2D eigenvalue weighted by atomic mass is 10.2. The van der Waals surface area contributed by atoms with Crippen molar-refractivity contribution in [2.75, 3.05) is 12.3 Å². The van der Waals surface area contributed by atoms with Gasteiger partial charge in [-0.3, -0.25) is 9.88 Å². The van der Waals surface area contributed by atoms with E-state index in [0.717, 1.165) is 35.5 Å². The van der Waals surface area contributed by atoms with Crippen LogP contribution in [0.3, 0.4) is 0 Å². The van der Waals surface area contributed by atoms with Crippen LogP contribution in [0.15, 0.2) is 47.1 Å². The van der Waals surface area contributed by atoms with Crippen molar-refractivity contribution < 1.29 is 0 Å². The van der Waals surface area contributed by atoms with Gasteiger partial charge in [-0.25, -0.2) is 0 Å². The first-order valence-corrected chi connectivity index (χ1v) is 7.14. The van der Waals surface area contributed by atoms with Gasteiger partial charge in [0.1, 0.15) is 0 Å². The lowest BCUT2D eigenvalue weighted by Gasteiger charge is -2.20. The number of aromatic nitrogens is 1. The zero-order valence-electron chi connectivity index (χ0n) is 11.0. The van der Waals surface area contributed by atoms with Crippen molar-refractivity contribution in [2.45, 2.75) is 20.0 Å². The number of benzene rings is 1. The summed E-state index contributed by atoms with van der Waals surface area (Å²) in [5.41, 5.74) is 8.86. The third-order valence-corrected chi connectivity index (χ3v) is 3.48. The molecule has 0 amide bonds. The SMILES string of the molecule is CCN(Cc1ccc(N)cc1)Cc1ccc(Br)cn1. The molecule has 0 fully saturated rings. The molecular weight excluding hydrogens is 302 g/mol. The van der Waals surface area contributed by atoms with Gasteiger partial charge in [-0.2, -0.15) is 0 Å². The Bertz CT molecular complexity index is 460. The van der Waals surface area contributed by atoms with Crippen LogP contribution in [0.5, 0.6) is 0 Å². The van der Waals surface area contributed by atoms with Crippen LogP contribution in [0.25, 0.3) is 0 Å². The topological polar surface area (TPSA) is 42.1 Å². The van der Waals surface area contributed by atoms with Crippen LogP contribution in [0, 0.1) is 0 Å². The Morgan fingerprint density at radius 3 is 2.42 bits per heavy atom. The molecule has 0 spiro atoms. The minimum atomic E-state index is 0.807. The Morgan fingerprint density at radius 1 is 1.11 bits per heavy atom. The molecule has 0 saturated heterocycles. The third kappa shape index (κ3) is 4.33. The molecular formula is C15H18BrN3. The number of nitrogens with two attached hydrogens (primary N) is 1. The quantitative estimate of drug-likeness (QED) is 0.858. The monoisotopic (exact) mass is 319 g/mol. The predicted octanol–water partition coefficient (Wildman–Crippen LogP) is 3.45. The average Bonchev–Trinajstić information content (AvgIpc) is 2.43. The Morgan fingerprint density at radius 2 is 1.84 bits per heavy atom. The van der Waals surface area contributed by atoms with Crippen LogP contribution in [0.1, 0.15) is 18.2 Å². The lowest BCUT2D eigenvalue weighted by Crippen LogP contribution is -2.22. The van der Waals surface area contributed by atoms with Crippen LogP contribution < -0.4 is 5.73 Å². The van der Waals surface area contributed by atoms with Crippen molar-refractivity contribution in [2.24, 2.45) is 0 Å². The van der Waals surface area contributed by atoms with E-state index in [-0.39, 0.29) is 0 Å². The van der Waals surface area contributed by atoms with Gasteiger partial charge in [0.05, 0.1) is 5.69 Å². The standard InChI is InChI=1S/C15H18BrN3/c1-2-19(10-12-3-6-14(17)7-4-12)11-15-8-5-13(16)9-18-15/h3-9H,2,10-11,17H2,1H3. The van der Waals surface area contributed by atoms with E-state index >= 15 is 0 Å². The lowest BCUT2D eigenvalue weighted by molar-refractivity contribution is 0.268. The van der Waals surface area contributed by atoms with E-state index in [4.69, 9.17) is 5.73 Å². The summed E-state index contributed by atoms with van der Waals surface area (Å²) < 4.78 is 1.01. The fraction of sp³-hybridized carbons (Fsp3) is 0.267. The van der Waals surface area contributed by atoms with Crippen LogP contribution in [-0.4, -0.2) is 16.4 Å².